The van der Waals surface area contributed by atoms with Crippen molar-refractivity contribution in [2.75, 3.05) is 30.4 Å². The summed E-state index contributed by atoms with van der Waals surface area (Å²) in [4.78, 5) is 19.0. The summed E-state index contributed by atoms with van der Waals surface area (Å²) in [5, 5.41) is 12.1. The smallest absolute Gasteiger partial charge is 0.259 e. The summed E-state index contributed by atoms with van der Waals surface area (Å²) in [6, 6.07) is 15.1. The van der Waals surface area contributed by atoms with E-state index in [2.05, 4.69) is 10.3 Å². The van der Waals surface area contributed by atoms with E-state index in [0.717, 1.165) is 22.5 Å². The third-order valence-electron chi connectivity index (χ3n) is 4.73. The average molecular weight is 375 g/mol. The molecule has 6 heteroatoms. The van der Waals surface area contributed by atoms with E-state index in [4.69, 9.17) is 9.84 Å². The molecule has 0 fully saturated rings. The normalized spacial score (nSPS) is 12.3. The van der Waals surface area contributed by atoms with Crippen molar-refractivity contribution < 1.29 is 14.6 Å². The maximum Gasteiger partial charge on any atom is 0.259 e. The van der Waals surface area contributed by atoms with Gasteiger partial charge in [0.1, 0.15) is 11.6 Å². The number of carbonyl (C=O) groups excluding carboxylic acids is 1. The second kappa shape index (κ2) is 7.32. The Labute approximate surface area is 163 Å². The first-order chi connectivity index (χ1) is 13.5. The lowest BCUT2D eigenvalue weighted by Crippen LogP contribution is -2.22. The van der Waals surface area contributed by atoms with Crippen molar-refractivity contribution in [2.45, 2.75) is 6.92 Å². The molecule has 0 unspecified atom stereocenters. The molecule has 1 aromatic heterocycles. The SMILES string of the molecule is Cc1ccc2c(c1)NC(=O)c1cc(-c3ccnc(N(C)CCO)c3)ccc1O2. The minimum absolute atomic E-state index is 0.0544. The van der Waals surface area contributed by atoms with Crippen molar-refractivity contribution in [3.05, 3.63) is 65.9 Å². The van der Waals surface area contributed by atoms with E-state index in [-0.39, 0.29) is 12.5 Å². The molecule has 0 bridgehead atoms. The van der Waals surface area contributed by atoms with E-state index in [9.17, 15) is 4.79 Å². The van der Waals surface area contributed by atoms with E-state index >= 15 is 0 Å². The lowest BCUT2D eigenvalue weighted by molar-refractivity contribution is 0.102. The largest absolute Gasteiger partial charge is 0.454 e. The number of likely N-dealkylation sites (N-methyl/N-ethyl adjacent to an activating group) is 1. The first-order valence-corrected chi connectivity index (χ1v) is 9.07. The van der Waals surface area contributed by atoms with Crippen LogP contribution in [0.2, 0.25) is 0 Å². The van der Waals surface area contributed by atoms with Gasteiger partial charge in [0.15, 0.2) is 5.75 Å². The Balaban J connectivity index is 1.71. The van der Waals surface area contributed by atoms with Crippen LogP contribution in [-0.4, -0.2) is 36.2 Å². The highest BCUT2D eigenvalue weighted by molar-refractivity contribution is 6.08. The van der Waals surface area contributed by atoms with Crippen molar-refractivity contribution in [1.82, 2.24) is 4.98 Å². The van der Waals surface area contributed by atoms with E-state index < -0.39 is 0 Å². The van der Waals surface area contributed by atoms with Gasteiger partial charge in [-0.15, -0.1) is 0 Å². The van der Waals surface area contributed by atoms with Crippen molar-refractivity contribution in [3.63, 3.8) is 0 Å². The van der Waals surface area contributed by atoms with Crippen LogP contribution in [0.5, 0.6) is 11.5 Å². The van der Waals surface area contributed by atoms with E-state index in [1.807, 2.05) is 67.4 Å². The van der Waals surface area contributed by atoms with Crippen LogP contribution in [0.4, 0.5) is 11.5 Å². The molecule has 3 aromatic rings. The van der Waals surface area contributed by atoms with Crippen molar-refractivity contribution >= 4 is 17.4 Å². The van der Waals surface area contributed by atoms with Gasteiger partial charge in [0.25, 0.3) is 5.91 Å². The number of carbonyl (C=O) groups is 1. The lowest BCUT2D eigenvalue weighted by atomic mass is 10.0. The number of benzene rings is 2. The molecule has 2 heterocycles. The number of hydrogen-bond acceptors (Lipinski definition) is 5. The number of aryl methyl sites for hydroxylation is 1. The molecule has 0 spiro atoms. The molecule has 4 rings (SSSR count). The molecule has 2 aromatic carbocycles. The fourth-order valence-corrected chi connectivity index (χ4v) is 3.19. The summed E-state index contributed by atoms with van der Waals surface area (Å²) >= 11 is 0. The zero-order valence-electron chi connectivity index (χ0n) is 15.8. The molecule has 0 saturated heterocycles. The third kappa shape index (κ3) is 3.42. The lowest BCUT2D eigenvalue weighted by Gasteiger charge is -2.17. The van der Waals surface area contributed by atoms with Crippen LogP contribution in [0.25, 0.3) is 11.1 Å². The number of rotatable bonds is 4. The molecule has 28 heavy (non-hydrogen) atoms. The third-order valence-corrected chi connectivity index (χ3v) is 4.73. The Bertz CT molecular complexity index is 1050. The number of fused-ring (bicyclic) bond motifs is 2. The minimum Gasteiger partial charge on any atom is -0.454 e. The molecule has 0 radical (unpaired) electrons. The van der Waals surface area contributed by atoms with Gasteiger partial charge in [0.05, 0.1) is 17.9 Å². The standard InChI is InChI=1S/C22H21N3O3/c1-14-3-5-20-18(11-14)24-22(27)17-12-15(4-6-19(17)28-20)16-7-8-23-21(13-16)25(2)9-10-26/h3-8,11-13,26H,9-10H2,1-2H3,(H,24,27). The number of ether oxygens (including phenoxy) is 1. The van der Waals surface area contributed by atoms with Gasteiger partial charge in [-0.2, -0.15) is 0 Å². The van der Waals surface area contributed by atoms with Gasteiger partial charge < -0.3 is 20.1 Å². The van der Waals surface area contributed by atoms with Gasteiger partial charge in [-0.25, -0.2) is 4.98 Å². The maximum atomic E-state index is 12.8. The number of aliphatic hydroxyl groups is 1. The minimum atomic E-state index is -0.201. The second-order valence-corrected chi connectivity index (χ2v) is 6.81. The van der Waals surface area contributed by atoms with Crippen LogP contribution in [0, 0.1) is 6.92 Å². The number of aromatic nitrogens is 1. The second-order valence-electron chi connectivity index (χ2n) is 6.81. The topological polar surface area (TPSA) is 74.7 Å². The predicted molar refractivity (Wildman–Crippen MR) is 109 cm³/mol. The first kappa shape index (κ1) is 18.0. The fraction of sp³-hybridized carbons (Fsp3) is 0.182. The summed E-state index contributed by atoms with van der Waals surface area (Å²) in [6.07, 6.45) is 1.72. The predicted octanol–water partition coefficient (Wildman–Crippen LogP) is 3.84. The van der Waals surface area contributed by atoms with Gasteiger partial charge in [-0.1, -0.05) is 12.1 Å². The quantitative estimate of drug-likeness (QED) is 0.725. The average Bonchev–Trinajstić information content (AvgIpc) is 2.83. The number of nitrogens with one attached hydrogen (secondary N) is 1. The molecule has 6 nitrogen and oxygen atoms in total. The molecular formula is C22H21N3O3. The van der Waals surface area contributed by atoms with Gasteiger partial charge in [0, 0.05) is 19.8 Å². The molecule has 1 aliphatic heterocycles. The highest BCUT2D eigenvalue weighted by atomic mass is 16.5. The van der Waals surface area contributed by atoms with Crippen LogP contribution < -0.4 is 15.0 Å². The van der Waals surface area contributed by atoms with Gasteiger partial charge in [0.2, 0.25) is 0 Å². The van der Waals surface area contributed by atoms with Crippen LogP contribution in [0.3, 0.4) is 0 Å². The van der Waals surface area contributed by atoms with E-state index in [1.54, 1.807) is 6.20 Å². The van der Waals surface area contributed by atoms with Crippen LogP contribution >= 0.6 is 0 Å². The number of hydrogen-bond donors (Lipinski definition) is 2. The zero-order chi connectivity index (χ0) is 19.7. The van der Waals surface area contributed by atoms with Gasteiger partial charge >= 0.3 is 0 Å². The summed E-state index contributed by atoms with van der Waals surface area (Å²) in [6.45, 7) is 2.52. The van der Waals surface area contributed by atoms with Crippen molar-refractivity contribution in [3.8, 4) is 22.6 Å². The molecule has 0 saturated carbocycles. The van der Waals surface area contributed by atoms with Gasteiger partial charge in [-0.05, 0) is 60.0 Å². The Morgan fingerprint density at radius 3 is 2.68 bits per heavy atom. The Kier molecular flexibility index (Phi) is 4.71. The van der Waals surface area contributed by atoms with Crippen LogP contribution in [0.1, 0.15) is 15.9 Å². The molecule has 1 aliphatic rings. The van der Waals surface area contributed by atoms with Gasteiger partial charge in [-0.3, -0.25) is 4.79 Å². The van der Waals surface area contributed by atoms with Crippen LogP contribution in [-0.2, 0) is 0 Å². The van der Waals surface area contributed by atoms with E-state index in [1.165, 1.54) is 0 Å². The number of anilines is 2. The molecular weight excluding hydrogens is 354 g/mol. The van der Waals surface area contributed by atoms with Crippen LogP contribution in [0.15, 0.2) is 54.7 Å². The van der Waals surface area contributed by atoms with Crippen molar-refractivity contribution in [2.24, 2.45) is 0 Å². The number of amides is 1. The maximum absolute atomic E-state index is 12.8. The number of aliphatic hydroxyl groups excluding tert-OH is 1. The number of nitrogens with zero attached hydrogens (tertiary/aromatic N) is 2. The fourth-order valence-electron chi connectivity index (χ4n) is 3.19. The summed E-state index contributed by atoms with van der Waals surface area (Å²) in [5.74, 6) is 1.70. The molecule has 0 aliphatic carbocycles. The molecule has 142 valence electrons. The highest BCUT2D eigenvalue weighted by Crippen LogP contribution is 2.38. The molecule has 2 N–H and O–H groups in total. The zero-order valence-corrected chi connectivity index (χ0v) is 15.8. The number of pyridine rings is 1. The highest BCUT2D eigenvalue weighted by Gasteiger charge is 2.21. The molecule has 0 atom stereocenters. The van der Waals surface area contributed by atoms with E-state index in [0.29, 0.717) is 29.3 Å². The monoisotopic (exact) mass is 375 g/mol. The molecule has 1 amide bonds. The summed E-state index contributed by atoms with van der Waals surface area (Å²) in [7, 11) is 1.87. The summed E-state index contributed by atoms with van der Waals surface area (Å²) < 4.78 is 5.98. The van der Waals surface area contributed by atoms with Crippen molar-refractivity contribution in [1.29, 1.82) is 0 Å². The Morgan fingerprint density at radius 2 is 1.86 bits per heavy atom. The summed E-state index contributed by atoms with van der Waals surface area (Å²) in [5.41, 5.74) is 4.02. The first-order valence-electron chi connectivity index (χ1n) is 9.07. The Hall–Kier alpha value is -3.38. The Morgan fingerprint density at radius 1 is 1.07 bits per heavy atom.